The Morgan fingerprint density at radius 1 is 1.33 bits per heavy atom. The Balaban J connectivity index is 2.52. The van der Waals surface area contributed by atoms with Crippen LogP contribution in [0.3, 0.4) is 0 Å². The molecule has 0 fully saturated rings. The second kappa shape index (κ2) is 6.00. The lowest BCUT2D eigenvalue weighted by atomic mass is 10.1. The number of furan rings is 1. The molecule has 18 heavy (non-hydrogen) atoms. The number of halogens is 1. The van der Waals surface area contributed by atoms with Gasteiger partial charge in [0.2, 0.25) is 0 Å². The molecule has 96 valence electrons. The Labute approximate surface area is 115 Å². The fraction of sp³-hybridized carbons (Fsp3) is 0.385. The molecular weight excluding hydrogens is 294 g/mol. The summed E-state index contributed by atoms with van der Waals surface area (Å²) >= 11 is 3.48. The minimum atomic E-state index is 0.764. The normalized spacial score (nSPS) is 10.6. The van der Waals surface area contributed by atoms with Crippen LogP contribution in [0.1, 0.15) is 25.8 Å². The van der Waals surface area contributed by atoms with Crippen molar-refractivity contribution >= 4 is 21.7 Å². The number of aromatic nitrogens is 2. The highest BCUT2D eigenvalue weighted by atomic mass is 79.9. The second-order valence-electron chi connectivity index (χ2n) is 3.93. The van der Waals surface area contributed by atoms with Crippen LogP contribution in [0.15, 0.2) is 27.5 Å². The Morgan fingerprint density at radius 3 is 2.78 bits per heavy atom. The van der Waals surface area contributed by atoms with Crippen LogP contribution in [0.5, 0.6) is 0 Å². The average Bonchev–Trinajstić information content (AvgIpc) is 2.78. The zero-order chi connectivity index (χ0) is 13.0. The standard InChI is InChI=1S/C13H16BrN3O/c1-3-5-9-11(12-10(14)6-7-18-12)16-8-17-13(9)15-4-2/h6-8H,3-5H2,1-2H3,(H,15,16,17). The molecule has 0 radical (unpaired) electrons. The van der Waals surface area contributed by atoms with E-state index in [1.165, 1.54) is 0 Å². The molecule has 0 amide bonds. The molecule has 0 aromatic carbocycles. The lowest BCUT2D eigenvalue weighted by Gasteiger charge is -2.11. The molecule has 2 aromatic heterocycles. The van der Waals surface area contributed by atoms with Crippen molar-refractivity contribution in [2.45, 2.75) is 26.7 Å². The summed E-state index contributed by atoms with van der Waals surface area (Å²) in [7, 11) is 0. The lowest BCUT2D eigenvalue weighted by molar-refractivity contribution is 0.577. The van der Waals surface area contributed by atoms with Gasteiger partial charge in [-0.1, -0.05) is 13.3 Å². The van der Waals surface area contributed by atoms with E-state index in [2.05, 4.69) is 45.1 Å². The largest absolute Gasteiger partial charge is 0.461 e. The Hall–Kier alpha value is -1.36. The van der Waals surface area contributed by atoms with Crippen molar-refractivity contribution < 1.29 is 4.42 Å². The molecule has 0 saturated heterocycles. The van der Waals surface area contributed by atoms with Gasteiger partial charge in [-0.05, 0) is 35.3 Å². The third-order valence-electron chi connectivity index (χ3n) is 2.62. The van der Waals surface area contributed by atoms with Crippen molar-refractivity contribution in [1.29, 1.82) is 0 Å². The third-order valence-corrected chi connectivity index (χ3v) is 3.25. The molecule has 0 aliphatic heterocycles. The van der Waals surface area contributed by atoms with Gasteiger partial charge in [-0.3, -0.25) is 0 Å². The smallest absolute Gasteiger partial charge is 0.166 e. The number of hydrogen-bond donors (Lipinski definition) is 1. The number of nitrogens with one attached hydrogen (secondary N) is 1. The number of rotatable bonds is 5. The van der Waals surface area contributed by atoms with Gasteiger partial charge in [0, 0.05) is 12.1 Å². The number of anilines is 1. The van der Waals surface area contributed by atoms with Crippen LogP contribution in [0, 0.1) is 0 Å². The quantitative estimate of drug-likeness (QED) is 0.910. The maximum Gasteiger partial charge on any atom is 0.166 e. The van der Waals surface area contributed by atoms with Crippen molar-refractivity contribution in [3.8, 4) is 11.5 Å². The molecule has 2 heterocycles. The molecule has 0 bridgehead atoms. The van der Waals surface area contributed by atoms with Gasteiger partial charge >= 0.3 is 0 Å². The third kappa shape index (κ3) is 2.56. The van der Waals surface area contributed by atoms with Crippen LogP contribution in [0.2, 0.25) is 0 Å². The first kappa shape index (κ1) is 13.1. The van der Waals surface area contributed by atoms with E-state index in [4.69, 9.17) is 4.42 Å². The molecule has 0 atom stereocenters. The predicted octanol–water partition coefficient (Wildman–Crippen LogP) is 3.88. The molecule has 4 nitrogen and oxygen atoms in total. The monoisotopic (exact) mass is 309 g/mol. The molecule has 5 heteroatoms. The zero-order valence-corrected chi connectivity index (χ0v) is 12.1. The van der Waals surface area contributed by atoms with Crippen LogP contribution in [0.25, 0.3) is 11.5 Å². The first-order valence-corrected chi connectivity index (χ1v) is 6.88. The summed E-state index contributed by atoms with van der Waals surface area (Å²) in [4.78, 5) is 8.68. The summed E-state index contributed by atoms with van der Waals surface area (Å²) in [5, 5.41) is 3.27. The molecule has 0 aliphatic carbocycles. The zero-order valence-electron chi connectivity index (χ0n) is 10.5. The molecule has 0 spiro atoms. The van der Waals surface area contributed by atoms with Crippen LogP contribution >= 0.6 is 15.9 Å². The highest BCUT2D eigenvalue weighted by molar-refractivity contribution is 9.10. The molecular formula is C13H16BrN3O. The summed E-state index contributed by atoms with van der Waals surface area (Å²) < 4.78 is 6.42. The van der Waals surface area contributed by atoms with Crippen LogP contribution in [0.4, 0.5) is 5.82 Å². The minimum absolute atomic E-state index is 0.764. The number of nitrogens with zero attached hydrogens (tertiary/aromatic N) is 2. The Bertz CT molecular complexity index is 525. The van der Waals surface area contributed by atoms with Gasteiger partial charge in [0.25, 0.3) is 0 Å². The van der Waals surface area contributed by atoms with Crippen molar-refractivity contribution in [3.63, 3.8) is 0 Å². The highest BCUT2D eigenvalue weighted by Crippen LogP contribution is 2.32. The second-order valence-corrected chi connectivity index (χ2v) is 4.78. The van der Waals surface area contributed by atoms with Crippen molar-refractivity contribution in [2.24, 2.45) is 0 Å². The van der Waals surface area contributed by atoms with E-state index >= 15 is 0 Å². The maximum absolute atomic E-state index is 5.51. The van der Waals surface area contributed by atoms with Crippen molar-refractivity contribution in [2.75, 3.05) is 11.9 Å². The van der Waals surface area contributed by atoms with Crippen molar-refractivity contribution in [1.82, 2.24) is 9.97 Å². The fourth-order valence-electron chi connectivity index (χ4n) is 1.88. The number of hydrogen-bond acceptors (Lipinski definition) is 4. The van der Waals surface area contributed by atoms with Crippen molar-refractivity contribution in [3.05, 3.63) is 28.7 Å². The van der Waals surface area contributed by atoms with E-state index in [1.54, 1.807) is 12.6 Å². The summed E-state index contributed by atoms with van der Waals surface area (Å²) in [5.74, 6) is 1.66. The van der Waals surface area contributed by atoms with Crippen LogP contribution in [-0.2, 0) is 6.42 Å². The Morgan fingerprint density at radius 2 is 2.17 bits per heavy atom. The summed E-state index contributed by atoms with van der Waals surface area (Å²) in [6, 6.07) is 1.88. The molecule has 1 N–H and O–H groups in total. The fourth-order valence-corrected chi connectivity index (χ4v) is 2.27. The molecule has 2 aromatic rings. The van der Waals surface area contributed by atoms with E-state index in [0.717, 1.165) is 46.7 Å². The predicted molar refractivity (Wildman–Crippen MR) is 75.6 cm³/mol. The lowest BCUT2D eigenvalue weighted by Crippen LogP contribution is -2.06. The molecule has 2 rings (SSSR count). The minimum Gasteiger partial charge on any atom is -0.461 e. The SMILES string of the molecule is CCCc1c(NCC)ncnc1-c1occc1Br. The summed E-state index contributed by atoms with van der Waals surface area (Å²) in [6.07, 6.45) is 5.19. The van der Waals surface area contributed by atoms with E-state index in [1.807, 2.05) is 6.07 Å². The van der Waals surface area contributed by atoms with Gasteiger partial charge < -0.3 is 9.73 Å². The first-order valence-electron chi connectivity index (χ1n) is 6.09. The van der Waals surface area contributed by atoms with Crippen LogP contribution in [-0.4, -0.2) is 16.5 Å². The van der Waals surface area contributed by atoms with Gasteiger partial charge in [0.15, 0.2) is 5.76 Å². The summed E-state index contributed by atoms with van der Waals surface area (Å²) in [6.45, 7) is 5.04. The van der Waals surface area contributed by atoms with Gasteiger partial charge in [0.05, 0.1) is 10.7 Å². The Kier molecular flexibility index (Phi) is 4.36. The van der Waals surface area contributed by atoms with Gasteiger partial charge in [0.1, 0.15) is 17.8 Å². The average molecular weight is 310 g/mol. The van der Waals surface area contributed by atoms with Gasteiger partial charge in [-0.15, -0.1) is 0 Å². The molecule has 0 saturated carbocycles. The van der Waals surface area contributed by atoms with Gasteiger partial charge in [-0.25, -0.2) is 9.97 Å². The summed E-state index contributed by atoms with van der Waals surface area (Å²) in [5.41, 5.74) is 1.97. The topological polar surface area (TPSA) is 51.0 Å². The first-order chi connectivity index (χ1) is 8.77. The van der Waals surface area contributed by atoms with E-state index < -0.39 is 0 Å². The maximum atomic E-state index is 5.51. The van der Waals surface area contributed by atoms with Gasteiger partial charge in [-0.2, -0.15) is 0 Å². The van der Waals surface area contributed by atoms with E-state index in [9.17, 15) is 0 Å². The molecule has 0 aliphatic rings. The van der Waals surface area contributed by atoms with E-state index in [-0.39, 0.29) is 0 Å². The van der Waals surface area contributed by atoms with Crippen LogP contribution < -0.4 is 5.32 Å². The molecule has 0 unspecified atom stereocenters. The van der Waals surface area contributed by atoms with E-state index in [0.29, 0.717) is 0 Å². The highest BCUT2D eigenvalue weighted by Gasteiger charge is 2.16.